The minimum atomic E-state index is -2.07. The van der Waals surface area contributed by atoms with Gasteiger partial charge in [-0.05, 0) is 69.0 Å². The van der Waals surface area contributed by atoms with Crippen molar-refractivity contribution < 1.29 is 14.6 Å². The van der Waals surface area contributed by atoms with Gasteiger partial charge >= 0.3 is 5.97 Å². The van der Waals surface area contributed by atoms with Gasteiger partial charge in [-0.15, -0.1) is 0 Å². The van der Waals surface area contributed by atoms with Crippen LogP contribution < -0.4 is 21.2 Å². The molecule has 6 rings (SSSR count). The van der Waals surface area contributed by atoms with Crippen LogP contribution in [0.25, 0.3) is 0 Å². The SMILES string of the molecule is C=C1N[C@@]2([C@@H](O)[C@]3(C)C=CCCC3)C(=O)O[C@@]2(C)[C@H]1CC[P+](c1ccccc1)(c1ccccc1)c1ccccc1. The first-order valence-electron chi connectivity index (χ1n) is 14.4. The summed E-state index contributed by atoms with van der Waals surface area (Å²) >= 11 is 0. The first-order chi connectivity index (χ1) is 19.3. The van der Waals surface area contributed by atoms with Crippen molar-refractivity contribution in [3.05, 3.63) is 115 Å². The number of allylic oxidation sites excluding steroid dienone is 1. The third-order valence-corrected chi connectivity index (χ3v) is 14.3. The van der Waals surface area contributed by atoms with E-state index in [1.807, 2.05) is 6.92 Å². The zero-order chi connectivity index (χ0) is 28.0. The molecule has 3 aliphatic rings. The molecule has 2 saturated heterocycles. The van der Waals surface area contributed by atoms with Crippen molar-refractivity contribution in [3.8, 4) is 0 Å². The van der Waals surface area contributed by atoms with Gasteiger partial charge in [0.25, 0.3) is 0 Å². The molecule has 206 valence electrons. The molecule has 0 spiro atoms. The van der Waals surface area contributed by atoms with Gasteiger partial charge in [0.15, 0.2) is 5.60 Å². The number of nitrogens with one attached hydrogen (secondary N) is 1. The Labute approximate surface area is 238 Å². The van der Waals surface area contributed by atoms with E-state index in [-0.39, 0.29) is 11.9 Å². The summed E-state index contributed by atoms with van der Waals surface area (Å²) in [7, 11) is -2.07. The van der Waals surface area contributed by atoms with Crippen molar-refractivity contribution in [1.82, 2.24) is 5.32 Å². The van der Waals surface area contributed by atoms with E-state index < -0.39 is 29.9 Å². The first kappa shape index (κ1) is 27.0. The van der Waals surface area contributed by atoms with Gasteiger partial charge in [0.05, 0.1) is 6.16 Å². The number of fused-ring (bicyclic) bond motifs is 1. The van der Waals surface area contributed by atoms with Gasteiger partial charge in [-0.3, -0.25) is 0 Å². The molecular formula is C35H39NO3P+. The van der Waals surface area contributed by atoms with Crippen LogP contribution in [0.3, 0.4) is 0 Å². The molecule has 0 bridgehead atoms. The highest BCUT2D eigenvalue weighted by molar-refractivity contribution is 7.95. The van der Waals surface area contributed by atoms with Crippen LogP contribution in [0.2, 0.25) is 0 Å². The molecule has 4 nitrogen and oxygen atoms in total. The van der Waals surface area contributed by atoms with Crippen LogP contribution in [0, 0.1) is 11.3 Å². The third-order valence-electron chi connectivity index (χ3n) is 9.82. The lowest BCUT2D eigenvalue weighted by Gasteiger charge is -2.57. The highest BCUT2D eigenvalue weighted by Crippen LogP contribution is 2.61. The zero-order valence-electron chi connectivity index (χ0n) is 23.4. The summed E-state index contributed by atoms with van der Waals surface area (Å²) in [5.41, 5.74) is -1.80. The van der Waals surface area contributed by atoms with Gasteiger partial charge in [0.1, 0.15) is 29.3 Å². The van der Waals surface area contributed by atoms with E-state index in [1.165, 1.54) is 15.9 Å². The second kappa shape index (κ2) is 10.0. The van der Waals surface area contributed by atoms with Crippen LogP contribution in [0.1, 0.15) is 39.5 Å². The molecule has 0 aromatic heterocycles. The number of hydrogen-bond donors (Lipinski definition) is 2. The fourth-order valence-electron chi connectivity index (χ4n) is 7.57. The Morgan fingerprint density at radius 3 is 1.93 bits per heavy atom. The minimum Gasteiger partial charge on any atom is -0.453 e. The van der Waals surface area contributed by atoms with Gasteiger partial charge in [0, 0.05) is 17.0 Å². The fourth-order valence-corrected chi connectivity index (χ4v) is 11.9. The Hall–Kier alpha value is -3.20. The number of ether oxygens (including phenoxy) is 1. The molecule has 0 unspecified atom stereocenters. The van der Waals surface area contributed by atoms with Crippen LogP contribution in [-0.2, 0) is 9.53 Å². The average Bonchev–Trinajstić information content (AvgIpc) is 3.16. The highest BCUT2D eigenvalue weighted by Gasteiger charge is 2.79. The van der Waals surface area contributed by atoms with E-state index in [0.29, 0.717) is 0 Å². The first-order valence-corrected chi connectivity index (χ1v) is 16.4. The summed E-state index contributed by atoms with van der Waals surface area (Å²) in [4.78, 5) is 13.3. The van der Waals surface area contributed by atoms with Gasteiger partial charge in [0.2, 0.25) is 5.54 Å². The van der Waals surface area contributed by atoms with Crippen molar-refractivity contribution in [2.45, 2.75) is 56.8 Å². The van der Waals surface area contributed by atoms with Crippen LogP contribution in [0.15, 0.2) is 115 Å². The normalized spacial score (nSPS) is 30.1. The maximum absolute atomic E-state index is 13.3. The molecule has 0 radical (unpaired) electrons. The summed E-state index contributed by atoms with van der Waals surface area (Å²) in [5.74, 6) is -0.506. The van der Waals surface area contributed by atoms with Crippen LogP contribution in [0.5, 0.6) is 0 Å². The number of aliphatic hydroxyl groups is 1. The van der Waals surface area contributed by atoms with E-state index in [4.69, 9.17) is 4.74 Å². The van der Waals surface area contributed by atoms with Crippen molar-refractivity contribution in [1.29, 1.82) is 0 Å². The molecule has 2 heterocycles. The van der Waals surface area contributed by atoms with E-state index >= 15 is 0 Å². The molecular weight excluding hydrogens is 513 g/mol. The summed E-state index contributed by atoms with van der Waals surface area (Å²) in [6.07, 6.45) is 7.79. The lowest BCUT2D eigenvalue weighted by molar-refractivity contribution is -0.242. The number of aliphatic hydroxyl groups excluding tert-OH is 1. The molecule has 2 N–H and O–H groups in total. The van der Waals surface area contributed by atoms with Crippen molar-refractivity contribution in [2.75, 3.05) is 6.16 Å². The summed E-state index contributed by atoms with van der Waals surface area (Å²) in [6.45, 7) is 8.47. The Balaban J connectivity index is 1.41. The molecule has 5 heteroatoms. The number of esters is 1. The number of hydrogen-bond acceptors (Lipinski definition) is 4. The summed E-state index contributed by atoms with van der Waals surface area (Å²) in [6, 6.07) is 32.5. The third kappa shape index (κ3) is 3.84. The number of carbonyl (C=O) groups is 1. The van der Waals surface area contributed by atoms with Crippen molar-refractivity contribution >= 4 is 29.1 Å². The van der Waals surface area contributed by atoms with Crippen molar-refractivity contribution in [3.63, 3.8) is 0 Å². The van der Waals surface area contributed by atoms with Crippen LogP contribution in [-0.4, -0.2) is 34.5 Å². The van der Waals surface area contributed by atoms with Gasteiger partial charge < -0.3 is 15.2 Å². The standard InChI is InChI=1S/C35H39NO3P/c1-26-30(34(3)35(36-26,32(38)39-34)31(37)33(2)23-14-7-15-24-33)22-25-40(27-16-8-4-9-17-27,28-18-10-5-11-19-28)29-20-12-6-13-21-29/h4-6,8-14,16-21,23,30-31,36-37H,1,7,15,22,24-25H2,2-3H3/q+1/t30-,31-,33+,34-,35-/m0/s1. The van der Waals surface area contributed by atoms with Crippen LogP contribution in [0.4, 0.5) is 0 Å². The molecule has 2 aliphatic heterocycles. The number of rotatable bonds is 8. The summed E-state index contributed by atoms with van der Waals surface area (Å²) in [5, 5.41) is 19.3. The largest absolute Gasteiger partial charge is 0.453 e. The topological polar surface area (TPSA) is 58.6 Å². The maximum Gasteiger partial charge on any atom is 0.339 e. The van der Waals surface area contributed by atoms with Gasteiger partial charge in [-0.25, -0.2) is 4.79 Å². The lowest BCUT2D eigenvalue weighted by Crippen LogP contribution is -2.81. The predicted octanol–water partition coefficient (Wildman–Crippen LogP) is 5.27. The Morgan fingerprint density at radius 1 is 0.950 bits per heavy atom. The van der Waals surface area contributed by atoms with Crippen LogP contribution >= 0.6 is 7.26 Å². The quantitative estimate of drug-likeness (QED) is 0.227. The molecule has 3 aromatic rings. The Bertz CT molecular complexity index is 1330. The fraction of sp³-hybridized carbons (Fsp3) is 0.343. The van der Waals surface area contributed by atoms with E-state index in [1.54, 1.807) is 0 Å². The number of carbonyl (C=O) groups excluding carboxylic acids is 1. The second-order valence-electron chi connectivity index (χ2n) is 12.0. The zero-order valence-corrected chi connectivity index (χ0v) is 24.3. The monoisotopic (exact) mass is 552 g/mol. The molecule has 0 saturated carbocycles. The molecule has 5 atom stereocenters. The molecule has 2 fully saturated rings. The number of benzene rings is 3. The van der Waals surface area contributed by atoms with Crippen molar-refractivity contribution in [2.24, 2.45) is 11.3 Å². The highest BCUT2D eigenvalue weighted by atomic mass is 31.2. The van der Waals surface area contributed by atoms with Gasteiger partial charge in [-0.1, -0.05) is 80.3 Å². The predicted molar refractivity (Wildman–Crippen MR) is 165 cm³/mol. The average molecular weight is 553 g/mol. The molecule has 0 amide bonds. The summed E-state index contributed by atoms with van der Waals surface area (Å²) < 4.78 is 6.04. The Kier molecular flexibility index (Phi) is 6.76. The molecule has 1 aliphatic carbocycles. The molecule has 40 heavy (non-hydrogen) atoms. The Morgan fingerprint density at radius 2 is 1.48 bits per heavy atom. The minimum absolute atomic E-state index is 0.133. The smallest absolute Gasteiger partial charge is 0.339 e. The second-order valence-corrected chi connectivity index (χ2v) is 15.7. The van der Waals surface area contributed by atoms with E-state index in [2.05, 4.69) is 122 Å². The lowest BCUT2D eigenvalue weighted by atomic mass is 9.60. The maximum atomic E-state index is 13.3. The molecule has 3 aromatic carbocycles. The van der Waals surface area contributed by atoms with Gasteiger partial charge in [-0.2, -0.15) is 0 Å². The van der Waals surface area contributed by atoms with E-state index in [0.717, 1.165) is 37.5 Å². The van der Waals surface area contributed by atoms with E-state index in [9.17, 15) is 9.90 Å².